The number of allylic oxidation sites excluding steroid dienone is 6. The summed E-state index contributed by atoms with van der Waals surface area (Å²) in [5.74, 6) is 0.0375. The molecule has 82 valence electrons. The molecular weight excluding hydrogens is 208 g/mol. The van der Waals surface area contributed by atoms with Crippen molar-refractivity contribution in [1.29, 1.82) is 0 Å². The second kappa shape index (κ2) is 3.42. The Balaban J connectivity index is 2.26. The topological polar surface area (TPSA) is 17.1 Å². The van der Waals surface area contributed by atoms with Gasteiger partial charge in [0.1, 0.15) is 0 Å². The molecule has 1 nitrogen and oxygen atoms in total. The van der Waals surface area contributed by atoms with Crippen molar-refractivity contribution in [1.82, 2.24) is 0 Å². The normalized spacial score (nSPS) is 19.8. The molecule has 1 aromatic carbocycles. The van der Waals surface area contributed by atoms with Crippen LogP contribution < -0.4 is 0 Å². The number of carbonyl (C=O) groups is 1. The summed E-state index contributed by atoms with van der Waals surface area (Å²) in [7, 11) is 0. The summed E-state index contributed by atoms with van der Waals surface area (Å²) >= 11 is 0. The molecule has 0 atom stereocenters. The molecule has 0 heterocycles. The van der Waals surface area contributed by atoms with Crippen LogP contribution in [0, 0.1) is 0 Å². The first-order chi connectivity index (χ1) is 8.22. The van der Waals surface area contributed by atoms with Crippen LogP contribution in [0.3, 0.4) is 0 Å². The molecule has 0 unspecified atom stereocenters. The summed E-state index contributed by atoms with van der Waals surface area (Å²) in [6.45, 7) is 4.11. The van der Waals surface area contributed by atoms with Gasteiger partial charge < -0.3 is 0 Å². The first kappa shape index (κ1) is 10.0. The van der Waals surface area contributed by atoms with Crippen LogP contribution in [0.25, 0.3) is 6.08 Å². The van der Waals surface area contributed by atoms with Crippen molar-refractivity contribution in [2.45, 2.75) is 5.41 Å². The lowest BCUT2D eigenvalue weighted by Gasteiger charge is -2.34. The van der Waals surface area contributed by atoms with Crippen LogP contribution in [0.5, 0.6) is 0 Å². The van der Waals surface area contributed by atoms with Gasteiger partial charge in [0.15, 0.2) is 5.78 Å². The molecular formula is C16H12O. The van der Waals surface area contributed by atoms with Crippen molar-refractivity contribution in [3.63, 3.8) is 0 Å². The van der Waals surface area contributed by atoms with Crippen LogP contribution in [0.2, 0.25) is 0 Å². The quantitative estimate of drug-likeness (QED) is 0.656. The fourth-order valence-electron chi connectivity index (χ4n) is 2.45. The molecule has 17 heavy (non-hydrogen) atoms. The number of ketones is 1. The minimum Gasteiger partial charge on any atom is -0.290 e. The van der Waals surface area contributed by atoms with E-state index >= 15 is 0 Å². The van der Waals surface area contributed by atoms with Gasteiger partial charge in [-0.3, -0.25) is 4.79 Å². The molecule has 0 aliphatic heterocycles. The van der Waals surface area contributed by atoms with Crippen molar-refractivity contribution in [3.05, 3.63) is 77.9 Å². The third kappa shape index (κ3) is 1.36. The molecule has 0 radical (unpaired) electrons. The Morgan fingerprint density at radius 1 is 0.941 bits per heavy atom. The molecule has 0 aromatic heterocycles. The van der Waals surface area contributed by atoms with Crippen LogP contribution in [0.15, 0.2) is 66.8 Å². The molecule has 0 amide bonds. The zero-order valence-electron chi connectivity index (χ0n) is 9.39. The van der Waals surface area contributed by atoms with Gasteiger partial charge >= 0.3 is 0 Å². The van der Waals surface area contributed by atoms with E-state index in [1.54, 1.807) is 12.2 Å². The van der Waals surface area contributed by atoms with E-state index < -0.39 is 0 Å². The van der Waals surface area contributed by atoms with E-state index in [1.807, 2.05) is 30.4 Å². The average molecular weight is 220 g/mol. The molecule has 0 N–H and O–H groups in total. The fraction of sp³-hybridized carbons (Fsp3) is 0.0625. The Bertz CT molecular complexity index is 584. The molecule has 0 bridgehead atoms. The fourth-order valence-corrected chi connectivity index (χ4v) is 2.45. The van der Waals surface area contributed by atoms with Gasteiger partial charge in [-0.25, -0.2) is 0 Å². The van der Waals surface area contributed by atoms with Gasteiger partial charge in [-0.1, -0.05) is 55.1 Å². The highest BCUT2D eigenvalue weighted by atomic mass is 16.1. The first-order valence-electron chi connectivity index (χ1n) is 5.62. The third-order valence-electron chi connectivity index (χ3n) is 3.42. The second-order valence-corrected chi connectivity index (χ2v) is 4.38. The summed E-state index contributed by atoms with van der Waals surface area (Å²) in [6.07, 6.45) is 11.2. The summed E-state index contributed by atoms with van der Waals surface area (Å²) in [5, 5.41) is 0. The molecule has 0 saturated carbocycles. The standard InChI is InChI=1S/C16H12O/c1-12-6-7-13-4-2-3-5-15(13)16(12)10-8-14(17)9-11-16/h2-11H,1H2. The Morgan fingerprint density at radius 3 is 2.41 bits per heavy atom. The van der Waals surface area contributed by atoms with Crippen LogP contribution >= 0.6 is 0 Å². The Hall–Kier alpha value is -2.15. The maximum absolute atomic E-state index is 11.3. The summed E-state index contributed by atoms with van der Waals surface area (Å²) in [4.78, 5) is 11.3. The molecule has 3 rings (SSSR count). The van der Waals surface area contributed by atoms with Gasteiger partial charge in [-0.2, -0.15) is 0 Å². The van der Waals surface area contributed by atoms with E-state index in [2.05, 4.69) is 24.8 Å². The maximum Gasteiger partial charge on any atom is 0.178 e. The van der Waals surface area contributed by atoms with Crippen LogP contribution in [0.4, 0.5) is 0 Å². The van der Waals surface area contributed by atoms with E-state index in [0.717, 1.165) is 5.57 Å². The summed E-state index contributed by atoms with van der Waals surface area (Å²) < 4.78 is 0. The van der Waals surface area contributed by atoms with E-state index in [1.165, 1.54) is 11.1 Å². The van der Waals surface area contributed by atoms with E-state index in [9.17, 15) is 4.79 Å². The molecule has 0 fully saturated rings. The molecule has 1 spiro atoms. The third-order valence-corrected chi connectivity index (χ3v) is 3.42. The highest BCUT2D eigenvalue weighted by Crippen LogP contribution is 2.42. The molecule has 0 saturated heterocycles. The number of hydrogen-bond acceptors (Lipinski definition) is 1. The van der Waals surface area contributed by atoms with Crippen LogP contribution in [0.1, 0.15) is 11.1 Å². The van der Waals surface area contributed by atoms with E-state index in [4.69, 9.17) is 0 Å². The molecule has 1 heteroatoms. The highest BCUT2D eigenvalue weighted by Gasteiger charge is 2.34. The number of benzene rings is 1. The van der Waals surface area contributed by atoms with Crippen molar-refractivity contribution < 1.29 is 4.79 Å². The lowest BCUT2D eigenvalue weighted by atomic mass is 9.68. The van der Waals surface area contributed by atoms with Crippen molar-refractivity contribution in [2.75, 3.05) is 0 Å². The summed E-state index contributed by atoms with van der Waals surface area (Å²) in [6, 6.07) is 8.21. The Kier molecular flexibility index (Phi) is 2.02. The van der Waals surface area contributed by atoms with Crippen molar-refractivity contribution in [2.24, 2.45) is 0 Å². The summed E-state index contributed by atoms with van der Waals surface area (Å²) in [5.41, 5.74) is 3.03. The van der Waals surface area contributed by atoms with Gasteiger partial charge in [-0.05, 0) is 28.9 Å². The van der Waals surface area contributed by atoms with Crippen molar-refractivity contribution >= 4 is 11.9 Å². The van der Waals surface area contributed by atoms with Gasteiger partial charge in [0.05, 0.1) is 5.41 Å². The van der Waals surface area contributed by atoms with Gasteiger partial charge in [0, 0.05) is 0 Å². The second-order valence-electron chi connectivity index (χ2n) is 4.38. The number of hydrogen-bond donors (Lipinski definition) is 0. The Labute approximate surface area is 100 Å². The molecule has 2 aliphatic rings. The number of carbonyl (C=O) groups excluding carboxylic acids is 1. The maximum atomic E-state index is 11.3. The predicted octanol–water partition coefficient (Wildman–Crippen LogP) is 3.20. The molecule has 1 aromatic rings. The average Bonchev–Trinajstić information content (AvgIpc) is 2.37. The van der Waals surface area contributed by atoms with E-state index in [-0.39, 0.29) is 11.2 Å². The lowest BCUT2D eigenvalue weighted by molar-refractivity contribution is -0.110. The van der Waals surface area contributed by atoms with Crippen LogP contribution in [-0.4, -0.2) is 5.78 Å². The highest BCUT2D eigenvalue weighted by molar-refractivity contribution is 6.01. The minimum absolute atomic E-state index is 0.0375. The Morgan fingerprint density at radius 2 is 1.65 bits per heavy atom. The van der Waals surface area contributed by atoms with Gasteiger partial charge in [-0.15, -0.1) is 0 Å². The zero-order valence-corrected chi connectivity index (χ0v) is 9.39. The van der Waals surface area contributed by atoms with E-state index in [0.29, 0.717) is 0 Å². The monoisotopic (exact) mass is 220 g/mol. The number of fused-ring (bicyclic) bond motifs is 2. The SMILES string of the molecule is C=C1C=Cc2ccccc2C12C=CC(=O)C=C2. The van der Waals surface area contributed by atoms with Crippen molar-refractivity contribution in [3.8, 4) is 0 Å². The zero-order chi connectivity index (χ0) is 11.9. The first-order valence-corrected chi connectivity index (χ1v) is 5.62. The van der Waals surface area contributed by atoms with Crippen LogP contribution in [-0.2, 0) is 10.2 Å². The van der Waals surface area contributed by atoms with Gasteiger partial charge in [0.25, 0.3) is 0 Å². The smallest absolute Gasteiger partial charge is 0.178 e. The minimum atomic E-state index is -0.334. The molecule has 2 aliphatic carbocycles. The lowest BCUT2D eigenvalue weighted by Crippen LogP contribution is -2.27. The van der Waals surface area contributed by atoms with Gasteiger partial charge in [0.2, 0.25) is 0 Å². The predicted molar refractivity (Wildman–Crippen MR) is 69.6 cm³/mol. The largest absolute Gasteiger partial charge is 0.290 e. The number of rotatable bonds is 0.